The van der Waals surface area contributed by atoms with Crippen LogP contribution in [0.1, 0.15) is 24.6 Å². The molecule has 138 valence electrons. The number of hydrogen-bond donors (Lipinski definition) is 2. The van der Waals surface area contributed by atoms with Crippen LogP contribution in [0.3, 0.4) is 0 Å². The largest absolute Gasteiger partial charge is 0.324 e. The van der Waals surface area contributed by atoms with E-state index in [1.165, 1.54) is 12.1 Å². The van der Waals surface area contributed by atoms with Crippen molar-refractivity contribution in [2.75, 3.05) is 18.4 Å². The Kier molecular flexibility index (Phi) is 4.78. The second-order valence-electron chi connectivity index (χ2n) is 6.50. The minimum atomic E-state index is -0.332. The molecule has 1 aliphatic heterocycles. The topological polar surface area (TPSA) is 86.8 Å². The predicted molar refractivity (Wildman–Crippen MR) is 98.6 cm³/mol. The zero-order chi connectivity index (χ0) is 18.6. The molecule has 0 bridgehead atoms. The second kappa shape index (κ2) is 7.53. The number of amides is 2. The van der Waals surface area contributed by atoms with Gasteiger partial charge < -0.3 is 10.2 Å². The van der Waals surface area contributed by atoms with Crippen molar-refractivity contribution in [2.24, 2.45) is 0 Å². The number of pyridine rings is 1. The lowest BCUT2D eigenvalue weighted by Crippen LogP contribution is -2.41. The van der Waals surface area contributed by atoms with Gasteiger partial charge in [-0.05, 0) is 49.2 Å². The van der Waals surface area contributed by atoms with Gasteiger partial charge >= 0.3 is 6.03 Å². The van der Waals surface area contributed by atoms with E-state index in [4.69, 9.17) is 0 Å². The number of benzene rings is 1. The van der Waals surface area contributed by atoms with Crippen molar-refractivity contribution in [3.63, 3.8) is 0 Å². The number of aromatic amines is 1. The molecule has 1 aliphatic rings. The maximum absolute atomic E-state index is 13.0. The smallest absolute Gasteiger partial charge is 0.321 e. The summed E-state index contributed by atoms with van der Waals surface area (Å²) in [7, 11) is 0. The Bertz CT molecular complexity index is 911. The van der Waals surface area contributed by atoms with Crippen LogP contribution in [-0.4, -0.2) is 44.2 Å². The van der Waals surface area contributed by atoms with Crippen LogP contribution in [0.5, 0.6) is 0 Å². The molecule has 0 aliphatic carbocycles. The monoisotopic (exact) mass is 366 g/mol. The van der Waals surface area contributed by atoms with E-state index in [0.29, 0.717) is 24.6 Å². The molecule has 0 saturated carbocycles. The van der Waals surface area contributed by atoms with Gasteiger partial charge in [0.25, 0.3) is 0 Å². The predicted octanol–water partition coefficient (Wildman–Crippen LogP) is 3.42. The summed E-state index contributed by atoms with van der Waals surface area (Å²) in [5, 5.41) is 10.1. The lowest BCUT2D eigenvalue weighted by molar-refractivity contribution is 0.191. The van der Waals surface area contributed by atoms with Crippen molar-refractivity contribution in [1.82, 2.24) is 25.1 Å². The van der Waals surface area contributed by atoms with Crippen molar-refractivity contribution in [3.8, 4) is 11.4 Å². The number of H-pyrrole nitrogens is 1. The number of nitrogens with one attached hydrogen (secondary N) is 2. The summed E-state index contributed by atoms with van der Waals surface area (Å²) in [5.41, 5.74) is 1.47. The van der Waals surface area contributed by atoms with Crippen LogP contribution in [0.15, 0.2) is 48.8 Å². The van der Waals surface area contributed by atoms with E-state index < -0.39 is 0 Å². The molecule has 3 aromatic rings. The van der Waals surface area contributed by atoms with Gasteiger partial charge in [0.2, 0.25) is 0 Å². The summed E-state index contributed by atoms with van der Waals surface area (Å²) in [4.78, 5) is 22.9. The first-order valence-corrected chi connectivity index (χ1v) is 8.83. The molecule has 7 nitrogen and oxygen atoms in total. The Hall–Kier alpha value is -3.29. The van der Waals surface area contributed by atoms with Crippen LogP contribution >= 0.6 is 0 Å². The minimum Gasteiger partial charge on any atom is -0.324 e. The zero-order valence-electron chi connectivity index (χ0n) is 14.6. The van der Waals surface area contributed by atoms with Crippen LogP contribution in [0, 0.1) is 5.82 Å². The first kappa shape index (κ1) is 17.1. The number of carbonyl (C=O) groups is 1. The van der Waals surface area contributed by atoms with Crippen LogP contribution in [0.25, 0.3) is 11.4 Å². The fraction of sp³-hybridized carbons (Fsp3) is 0.263. The number of hydrogen-bond acceptors (Lipinski definition) is 4. The highest BCUT2D eigenvalue weighted by atomic mass is 19.1. The first-order valence-electron chi connectivity index (χ1n) is 8.83. The van der Waals surface area contributed by atoms with Crippen molar-refractivity contribution < 1.29 is 9.18 Å². The molecule has 1 aromatic carbocycles. The average Bonchev–Trinajstić information content (AvgIpc) is 3.21. The summed E-state index contributed by atoms with van der Waals surface area (Å²) in [6.07, 6.45) is 5.22. The molecular weight excluding hydrogens is 347 g/mol. The third-order valence-electron chi connectivity index (χ3n) is 4.63. The highest BCUT2D eigenvalue weighted by molar-refractivity contribution is 5.89. The molecular formula is C19H19FN6O. The number of aromatic nitrogens is 4. The lowest BCUT2D eigenvalue weighted by Gasteiger charge is -2.31. The first-order chi connectivity index (χ1) is 13.2. The molecule has 0 radical (unpaired) electrons. The molecule has 2 aromatic heterocycles. The van der Waals surface area contributed by atoms with E-state index in [1.807, 2.05) is 12.1 Å². The molecule has 1 saturated heterocycles. The number of piperidine rings is 1. The summed E-state index contributed by atoms with van der Waals surface area (Å²) >= 11 is 0. The maximum atomic E-state index is 13.0. The van der Waals surface area contributed by atoms with Gasteiger partial charge in [0.15, 0.2) is 5.82 Å². The van der Waals surface area contributed by atoms with Gasteiger partial charge in [-0.25, -0.2) is 14.2 Å². The number of carbonyl (C=O) groups excluding carboxylic acids is 1. The van der Waals surface area contributed by atoms with Gasteiger partial charge in [0.05, 0.1) is 0 Å². The van der Waals surface area contributed by atoms with Crippen molar-refractivity contribution in [2.45, 2.75) is 18.8 Å². The SMILES string of the molecule is O=C(Nc1ccc(F)cc1)N1CCCC(c2nc(-c3ccncc3)n[nH]2)C1. The molecule has 1 fully saturated rings. The zero-order valence-corrected chi connectivity index (χ0v) is 14.6. The number of halogens is 1. The lowest BCUT2D eigenvalue weighted by atomic mass is 9.97. The molecule has 1 atom stereocenters. The van der Waals surface area contributed by atoms with Crippen molar-refractivity contribution >= 4 is 11.7 Å². The standard InChI is InChI=1S/C19H19FN6O/c20-15-3-5-16(6-4-15)22-19(27)26-11-1-2-14(12-26)18-23-17(24-25-18)13-7-9-21-10-8-13/h3-10,14H,1-2,11-12H2,(H,22,27)(H,23,24,25). The average molecular weight is 366 g/mol. The normalized spacial score (nSPS) is 16.9. The molecule has 4 rings (SSSR count). The molecule has 2 N–H and O–H groups in total. The Balaban J connectivity index is 1.43. The second-order valence-corrected chi connectivity index (χ2v) is 6.50. The van der Waals surface area contributed by atoms with Gasteiger partial charge in [0.1, 0.15) is 11.6 Å². The Morgan fingerprint density at radius 1 is 1.19 bits per heavy atom. The van der Waals surface area contributed by atoms with Crippen LogP contribution in [0.4, 0.5) is 14.9 Å². The minimum absolute atomic E-state index is 0.0980. The van der Waals surface area contributed by atoms with Crippen molar-refractivity contribution in [1.29, 1.82) is 0 Å². The Morgan fingerprint density at radius 3 is 2.74 bits per heavy atom. The number of nitrogens with zero attached hydrogens (tertiary/aromatic N) is 4. The Morgan fingerprint density at radius 2 is 1.96 bits per heavy atom. The quantitative estimate of drug-likeness (QED) is 0.744. The number of likely N-dealkylation sites (tertiary alicyclic amines) is 1. The van der Waals surface area contributed by atoms with Gasteiger partial charge in [-0.15, -0.1) is 0 Å². The summed E-state index contributed by atoms with van der Waals surface area (Å²) in [5.74, 6) is 1.17. The summed E-state index contributed by atoms with van der Waals surface area (Å²) in [6, 6.07) is 9.26. The van der Waals surface area contributed by atoms with Crippen molar-refractivity contribution in [3.05, 3.63) is 60.4 Å². The van der Waals surface area contributed by atoms with Gasteiger partial charge in [-0.3, -0.25) is 10.1 Å². The third kappa shape index (κ3) is 3.94. The molecule has 0 spiro atoms. The van der Waals surface area contributed by atoms with E-state index in [2.05, 4.69) is 25.5 Å². The molecule has 27 heavy (non-hydrogen) atoms. The van der Waals surface area contributed by atoms with E-state index in [0.717, 1.165) is 24.2 Å². The number of anilines is 1. The summed E-state index contributed by atoms with van der Waals surface area (Å²) < 4.78 is 13.0. The van der Waals surface area contributed by atoms with E-state index in [-0.39, 0.29) is 17.8 Å². The highest BCUT2D eigenvalue weighted by Gasteiger charge is 2.27. The highest BCUT2D eigenvalue weighted by Crippen LogP contribution is 2.26. The molecule has 8 heteroatoms. The van der Waals surface area contributed by atoms with Gasteiger partial charge in [-0.2, -0.15) is 5.10 Å². The van der Waals surface area contributed by atoms with Crippen LogP contribution in [-0.2, 0) is 0 Å². The Labute approximate surface area is 155 Å². The maximum Gasteiger partial charge on any atom is 0.321 e. The van der Waals surface area contributed by atoms with Gasteiger partial charge in [-0.1, -0.05) is 0 Å². The fourth-order valence-corrected chi connectivity index (χ4v) is 3.21. The number of urea groups is 1. The fourth-order valence-electron chi connectivity index (χ4n) is 3.21. The third-order valence-corrected chi connectivity index (χ3v) is 4.63. The van der Waals surface area contributed by atoms with E-state index >= 15 is 0 Å². The number of rotatable bonds is 3. The van der Waals surface area contributed by atoms with Crippen LogP contribution in [0.2, 0.25) is 0 Å². The van der Waals surface area contributed by atoms with Gasteiger partial charge in [0, 0.05) is 42.7 Å². The molecule has 1 unspecified atom stereocenters. The molecule has 2 amide bonds. The molecule has 3 heterocycles. The van der Waals surface area contributed by atoms with E-state index in [9.17, 15) is 9.18 Å². The van der Waals surface area contributed by atoms with E-state index in [1.54, 1.807) is 29.4 Å². The van der Waals surface area contributed by atoms with Crippen LogP contribution < -0.4 is 5.32 Å². The summed E-state index contributed by atoms with van der Waals surface area (Å²) in [6.45, 7) is 1.23.